The molecule has 0 saturated carbocycles. The Balaban J connectivity index is 1.76. The molecule has 1 fully saturated rings. The molecule has 1 heterocycles. The summed E-state index contributed by atoms with van der Waals surface area (Å²) in [4.78, 5) is 25.8. The molecule has 5 nitrogen and oxygen atoms in total. The van der Waals surface area contributed by atoms with Crippen LogP contribution in [0.3, 0.4) is 0 Å². The molecule has 5 heteroatoms. The Hall–Kier alpha value is -1.88. The first-order valence-electron chi connectivity index (χ1n) is 7.30. The van der Waals surface area contributed by atoms with Gasteiger partial charge in [-0.2, -0.15) is 0 Å². The Morgan fingerprint density at radius 1 is 1.43 bits per heavy atom. The molecule has 2 amide bonds. The fourth-order valence-electron chi connectivity index (χ4n) is 2.37. The van der Waals surface area contributed by atoms with Gasteiger partial charge in [-0.3, -0.25) is 9.59 Å². The minimum Gasteiger partial charge on any atom is -0.375 e. The SMILES string of the molecule is Cc1cccc(C(=O)NCCC(=O)N2CCO[C@@H](C)C2)c1. The van der Waals surface area contributed by atoms with Crippen LogP contribution in [0.5, 0.6) is 0 Å². The van der Waals surface area contributed by atoms with E-state index in [2.05, 4.69) is 5.32 Å². The van der Waals surface area contributed by atoms with Gasteiger partial charge in [0.2, 0.25) is 5.91 Å². The van der Waals surface area contributed by atoms with Crippen molar-refractivity contribution in [2.24, 2.45) is 0 Å². The van der Waals surface area contributed by atoms with E-state index in [0.717, 1.165) is 5.56 Å². The van der Waals surface area contributed by atoms with Crippen molar-refractivity contribution >= 4 is 11.8 Å². The van der Waals surface area contributed by atoms with Crippen molar-refractivity contribution < 1.29 is 14.3 Å². The van der Waals surface area contributed by atoms with Crippen LogP contribution in [0.1, 0.15) is 29.3 Å². The summed E-state index contributed by atoms with van der Waals surface area (Å²) in [5.41, 5.74) is 1.67. The van der Waals surface area contributed by atoms with E-state index in [-0.39, 0.29) is 17.9 Å². The molecule has 1 aromatic carbocycles. The number of ether oxygens (including phenoxy) is 1. The van der Waals surface area contributed by atoms with Crippen molar-refractivity contribution in [2.45, 2.75) is 26.4 Å². The topological polar surface area (TPSA) is 58.6 Å². The van der Waals surface area contributed by atoms with E-state index in [0.29, 0.717) is 38.2 Å². The molecule has 0 unspecified atom stereocenters. The third kappa shape index (κ3) is 4.56. The van der Waals surface area contributed by atoms with E-state index in [1.165, 1.54) is 0 Å². The van der Waals surface area contributed by atoms with Crippen LogP contribution in [-0.4, -0.2) is 49.1 Å². The van der Waals surface area contributed by atoms with E-state index < -0.39 is 0 Å². The fraction of sp³-hybridized carbons (Fsp3) is 0.500. The molecule has 0 spiro atoms. The molecule has 1 saturated heterocycles. The van der Waals surface area contributed by atoms with Crippen LogP contribution in [0.25, 0.3) is 0 Å². The molecule has 0 aromatic heterocycles. The number of carbonyl (C=O) groups is 2. The average Bonchev–Trinajstić information content (AvgIpc) is 2.47. The summed E-state index contributed by atoms with van der Waals surface area (Å²) in [5, 5.41) is 2.79. The highest BCUT2D eigenvalue weighted by molar-refractivity contribution is 5.94. The molecule has 1 aliphatic rings. The molecule has 0 radical (unpaired) electrons. The van der Waals surface area contributed by atoms with E-state index in [1.807, 2.05) is 32.0 Å². The Kier molecular flexibility index (Phi) is 5.33. The summed E-state index contributed by atoms with van der Waals surface area (Å²) < 4.78 is 5.41. The lowest BCUT2D eigenvalue weighted by Gasteiger charge is -2.31. The molecule has 0 aliphatic carbocycles. The van der Waals surface area contributed by atoms with Gasteiger partial charge in [-0.15, -0.1) is 0 Å². The van der Waals surface area contributed by atoms with Crippen LogP contribution in [0.4, 0.5) is 0 Å². The first-order chi connectivity index (χ1) is 10.1. The Morgan fingerprint density at radius 2 is 2.24 bits per heavy atom. The Morgan fingerprint density at radius 3 is 2.95 bits per heavy atom. The number of carbonyl (C=O) groups excluding carboxylic acids is 2. The second-order valence-electron chi connectivity index (χ2n) is 5.40. The zero-order chi connectivity index (χ0) is 15.2. The van der Waals surface area contributed by atoms with Crippen LogP contribution >= 0.6 is 0 Å². The van der Waals surface area contributed by atoms with Gasteiger partial charge in [0.1, 0.15) is 0 Å². The summed E-state index contributed by atoms with van der Waals surface area (Å²) in [5.74, 6) is -0.0727. The number of nitrogens with zero attached hydrogens (tertiary/aromatic N) is 1. The lowest BCUT2D eigenvalue weighted by Crippen LogP contribution is -2.45. The maximum atomic E-state index is 12.0. The van der Waals surface area contributed by atoms with Gasteiger partial charge in [0.05, 0.1) is 12.7 Å². The number of aryl methyl sites for hydroxylation is 1. The zero-order valence-electron chi connectivity index (χ0n) is 12.6. The molecule has 114 valence electrons. The van der Waals surface area contributed by atoms with E-state index in [1.54, 1.807) is 11.0 Å². The normalized spacial score (nSPS) is 18.4. The molecule has 2 rings (SSSR count). The van der Waals surface area contributed by atoms with Crippen molar-refractivity contribution in [1.82, 2.24) is 10.2 Å². The van der Waals surface area contributed by atoms with Gasteiger partial charge in [-0.25, -0.2) is 0 Å². The van der Waals surface area contributed by atoms with E-state index in [4.69, 9.17) is 4.74 Å². The molecule has 1 aliphatic heterocycles. The highest BCUT2D eigenvalue weighted by Gasteiger charge is 2.20. The minimum absolute atomic E-state index is 0.0645. The number of nitrogens with one attached hydrogen (secondary N) is 1. The zero-order valence-corrected chi connectivity index (χ0v) is 12.6. The van der Waals surface area contributed by atoms with Gasteiger partial charge in [-0.1, -0.05) is 17.7 Å². The number of rotatable bonds is 4. The number of hydrogen-bond donors (Lipinski definition) is 1. The van der Waals surface area contributed by atoms with Gasteiger partial charge >= 0.3 is 0 Å². The van der Waals surface area contributed by atoms with Gasteiger partial charge in [0.25, 0.3) is 5.91 Å². The largest absolute Gasteiger partial charge is 0.375 e. The van der Waals surface area contributed by atoms with Crippen LogP contribution in [0.15, 0.2) is 24.3 Å². The lowest BCUT2D eigenvalue weighted by molar-refractivity contribution is -0.137. The summed E-state index contributed by atoms with van der Waals surface area (Å²) in [7, 11) is 0. The second kappa shape index (κ2) is 7.22. The number of hydrogen-bond acceptors (Lipinski definition) is 3. The monoisotopic (exact) mass is 290 g/mol. The number of morpholine rings is 1. The molecule has 1 atom stereocenters. The van der Waals surface area contributed by atoms with Crippen LogP contribution in [0.2, 0.25) is 0 Å². The smallest absolute Gasteiger partial charge is 0.251 e. The summed E-state index contributed by atoms with van der Waals surface area (Å²) in [6.45, 7) is 6.11. The Bertz CT molecular complexity index is 516. The van der Waals surface area contributed by atoms with Crippen LogP contribution < -0.4 is 5.32 Å². The first-order valence-corrected chi connectivity index (χ1v) is 7.30. The van der Waals surface area contributed by atoms with Crippen molar-refractivity contribution in [2.75, 3.05) is 26.2 Å². The van der Waals surface area contributed by atoms with Crippen molar-refractivity contribution in [3.05, 3.63) is 35.4 Å². The van der Waals surface area contributed by atoms with Gasteiger partial charge in [-0.05, 0) is 26.0 Å². The maximum absolute atomic E-state index is 12.0. The molecular weight excluding hydrogens is 268 g/mol. The number of benzene rings is 1. The van der Waals surface area contributed by atoms with Crippen LogP contribution in [0, 0.1) is 6.92 Å². The third-order valence-electron chi connectivity index (χ3n) is 3.50. The van der Waals surface area contributed by atoms with Gasteiger partial charge < -0.3 is 15.0 Å². The highest BCUT2D eigenvalue weighted by Crippen LogP contribution is 2.06. The predicted molar refractivity (Wildman–Crippen MR) is 80.1 cm³/mol. The van der Waals surface area contributed by atoms with Crippen molar-refractivity contribution in [3.8, 4) is 0 Å². The standard InChI is InChI=1S/C16H22N2O3/c1-12-4-3-5-14(10-12)16(20)17-7-6-15(19)18-8-9-21-13(2)11-18/h3-5,10,13H,6-9,11H2,1-2H3,(H,17,20)/t13-/m0/s1. The quantitative estimate of drug-likeness (QED) is 0.911. The number of amides is 2. The fourth-order valence-corrected chi connectivity index (χ4v) is 2.37. The van der Waals surface area contributed by atoms with E-state index >= 15 is 0 Å². The first kappa shape index (κ1) is 15.5. The molecule has 21 heavy (non-hydrogen) atoms. The van der Waals surface area contributed by atoms with Crippen molar-refractivity contribution in [1.29, 1.82) is 0 Å². The third-order valence-corrected chi connectivity index (χ3v) is 3.50. The van der Waals surface area contributed by atoms with Crippen molar-refractivity contribution in [3.63, 3.8) is 0 Å². The Labute approximate surface area is 125 Å². The molecule has 1 N–H and O–H groups in total. The molecule has 0 bridgehead atoms. The van der Waals surface area contributed by atoms with Gasteiger partial charge in [0, 0.05) is 31.6 Å². The average molecular weight is 290 g/mol. The predicted octanol–water partition coefficient (Wildman–Crippen LogP) is 1.36. The summed E-state index contributed by atoms with van der Waals surface area (Å²) in [6.07, 6.45) is 0.411. The van der Waals surface area contributed by atoms with Gasteiger partial charge in [0.15, 0.2) is 0 Å². The summed E-state index contributed by atoms with van der Waals surface area (Å²) in [6, 6.07) is 7.40. The maximum Gasteiger partial charge on any atom is 0.251 e. The van der Waals surface area contributed by atoms with E-state index in [9.17, 15) is 9.59 Å². The second-order valence-corrected chi connectivity index (χ2v) is 5.40. The summed E-state index contributed by atoms with van der Waals surface area (Å²) >= 11 is 0. The molecule has 1 aromatic rings. The lowest BCUT2D eigenvalue weighted by atomic mass is 10.1. The van der Waals surface area contributed by atoms with Crippen LogP contribution in [-0.2, 0) is 9.53 Å². The molecular formula is C16H22N2O3. The minimum atomic E-state index is -0.137. The highest BCUT2D eigenvalue weighted by atomic mass is 16.5.